The monoisotopic (exact) mass is 428 g/mol. The van der Waals surface area contributed by atoms with Gasteiger partial charge in [-0.2, -0.15) is 0 Å². The van der Waals surface area contributed by atoms with Crippen LogP contribution < -0.4 is 16.0 Å². The first-order chi connectivity index (χ1) is 14.3. The number of rotatable bonds is 5. The minimum Gasteiger partial charge on any atom is -0.317 e. The molecule has 0 atom stereocenters. The zero-order valence-corrected chi connectivity index (χ0v) is 17.8. The number of aromatic nitrogens is 2. The topological polar surface area (TPSA) is 82.2 Å². The Hall–Kier alpha value is -1.91. The summed E-state index contributed by atoms with van der Waals surface area (Å²) in [6.07, 6.45) is 5.09. The fourth-order valence-electron chi connectivity index (χ4n) is 3.92. The molecule has 3 N–H and O–H groups in total. The van der Waals surface area contributed by atoms with Crippen molar-refractivity contribution in [3.63, 3.8) is 0 Å². The molecule has 2 aliphatic rings. The van der Waals surface area contributed by atoms with Crippen LogP contribution in [-0.2, 0) is 17.8 Å². The fourth-order valence-corrected chi connectivity index (χ4v) is 6.23. The summed E-state index contributed by atoms with van der Waals surface area (Å²) in [6, 6.07) is 2.00. The summed E-state index contributed by atoms with van der Waals surface area (Å²) in [5.41, 5.74) is 3.36. The van der Waals surface area contributed by atoms with Crippen LogP contribution in [0.25, 0.3) is 20.8 Å². The van der Waals surface area contributed by atoms with Gasteiger partial charge in [0.2, 0.25) is 5.91 Å². The van der Waals surface area contributed by atoms with Crippen molar-refractivity contribution in [3.05, 3.63) is 28.9 Å². The van der Waals surface area contributed by atoms with Crippen molar-refractivity contribution in [2.24, 2.45) is 0 Å². The Kier molecular flexibility index (Phi) is 5.56. The number of piperazine rings is 1. The van der Waals surface area contributed by atoms with E-state index >= 15 is 0 Å². The Balaban J connectivity index is 1.40. The van der Waals surface area contributed by atoms with E-state index in [1.165, 1.54) is 10.4 Å². The number of hydrogen-bond acceptors (Lipinski definition) is 8. The van der Waals surface area contributed by atoms with Crippen LogP contribution in [-0.4, -0.2) is 60.0 Å². The summed E-state index contributed by atoms with van der Waals surface area (Å²) >= 11 is 3.36. The molecule has 7 nitrogen and oxygen atoms in total. The van der Waals surface area contributed by atoms with Crippen LogP contribution in [0.2, 0.25) is 0 Å². The number of nitrogens with zero attached hydrogens (tertiary/aromatic N) is 3. The molecule has 5 heterocycles. The number of hydrogen-bond donors (Lipinski definition) is 3. The van der Waals surface area contributed by atoms with Gasteiger partial charge in [-0.1, -0.05) is 0 Å². The lowest BCUT2D eigenvalue weighted by molar-refractivity contribution is -0.116. The van der Waals surface area contributed by atoms with Crippen molar-refractivity contribution in [3.8, 4) is 10.6 Å². The van der Waals surface area contributed by atoms with E-state index in [-0.39, 0.29) is 5.91 Å². The maximum absolute atomic E-state index is 12.7. The van der Waals surface area contributed by atoms with Crippen molar-refractivity contribution in [1.82, 2.24) is 25.5 Å². The van der Waals surface area contributed by atoms with Crippen LogP contribution in [0.4, 0.5) is 5.00 Å². The number of thiophene rings is 1. The number of amides is 1. The minimum absolute atomic E-state index is 0.0825. The lowest BCUT2D eigenvalue weighted by atomic mass is 10.0. The largest absolute Gasteiger partial charge is 0.317 e. The van der Waals surface area contributed by atoms with Gasteiger partial charge in [-0.05, 0) is 24.6 Å². The second-order valence-corrected chi connectivity index (χ2v) is 9.52. The lowest BCUT2D eigenvalue weighted by Gasteiger charge is -2.26. The normalized spacial score (nSPS) is 17.4. The predicted molar refractivity (Wildman–Crippen MR) is 119 cm³/mol. The maximum Gasteiger partial charge on any atom is 0.226 e. The molecule has 1 fully saturated rings. The summed E-state index contributed by atoms with van der Waals surface area (Å²) in [5, 5.41) is 11.9. The van der Waals surface area contributed by atoms with E-state index in [1.807, 2.05) is 6.07 Å². The number of thiazole rings is 1. The van der Waals surface area contributed by atoms with Gasteiger partial charge in [-0.3, -0.25) is 9.78 Å². The summed E-state index contributed by atoms with van der Waals surface area (Å²) in [5.74, 6) is 0.0825. The molecule has 1 amide bonds. The van der Waals surface area contributed by atoms with Crippen molar-refractivity contribution >= 4 is 43.8 Å². The average molecular weight is 429 g/mol. The van der Waals surface area contributed by atoms with Crippen LogP contribution in [0.5, 0.6) is 0 Å². The molecule has 0 radical (unpaired) electrons. The van der Waals surface area contributed by atoms with Gasteiger partial charge in [0, 0.05) is 62.3 Å². The van der Waals surface area contributed by atoms with Crippen LogP contribution in [0.3, 0.4) is 0 Å². The fraction of sp³-hybridized carbons (Fsp3) is 0.450. The summed E-state index contributed by atoms with van der Waals surface area (Å²) in [6.45, 7) is 6.65. The van der Waals surface area contributed by atoms with E-state index in [9.17, 15) is 4.79 Å². The number of carbonyl (C=O) groups is 1. The summed E-state index contributed by atoms with van der Waals surface area (Å²) in [4.78, 5) is 25.4. The van der Waals surface area contributed by atoms with E-state index < -0.39 is 0 Å². The molecule has 0 spiro atoms. The van der Waals surface area contributed by atoms with Gasteiger partial charge in [0.15, 0.2) is 0 Å². The van der Waals surface area contributed by atoms with Gasteiger partial charge in [-0.15, -0.1) is 22.7 Å². The lowest BCUT2D eigenvalue weighted by Crippen LogP contribution is -2.44. The number of fused-ring (bicyclic) bond motifs is 2. The molecular weight excluding hydrogens is 404 g/mol. The SMILES string of the molecule is O=C(CCN1CCNCC1)Nc1sc2c(c1-c1nc3cnccc3s1)CCNC2. The molecule has 152 valence electrons. The second kappa shape index (κ2) is 8.45. The molecule has 3 aromatic heterocycles. The molecular formula is C20H24N6OS2. The van der Waals surface area contributed by atoms with E-state index in [2.05, 4.69) is 25.8 Å². The van der Waals surface area contributed by atoms with Crippen LogP contribution in [0, 0.1) is 0 Å². The Bertz CT molecular complexity index is 990. The van der Waals surface area contributed by atoms with Gasteiger partial charge in [0.1, 0.15) is 15.5 Å². The number of anilines is 1. The second-order valence-electron chi connectivity index (χ2n) is 7.39. The number of pyridine rings is 1. The van der Waals surface area contributed by atoms with Crippen LogP contribution >= 0.6 is 22.7 Å². The Morgan fingerprint density at radius 2 is 2.10 bits per heavy atom. The van der Waals surface area contributed by atoms with E-state index in [4.69, 9.17) is 4.98 Å². The molecule has 1 saturated heterocycles. The standard InChI is InChI=1S/C20H24N6OS2/c27-17(3-8-26-9-6-21-7-10-26)25-20-18(13-1-4-23-12-16(13)29-20)19-24-14-11-22-5-2-15(14)28-19/h2,5,11,21,23H,1,3-4,6-10,12H2,(H,25,27). The van der Waals surface area contributed by atoms with Crippen LogP contribution in [0.1, 0.15) is 16.9 Å². The van der Waals surface area contributed by atoms with Crippen molar-refractivity contribution < 1.29 is 4.79 Å². The molecule has 29 heavy (non-hydrogen) atoms. The van der Waals surface area contributed by atoms with Gasteiger partial charge in [-0.25, -0.2) is 4.98 Å². The zero-order valence-electron chi connectivity index (χ0n) is 16.2. The smallest absolute Gasteiger partial charge is 0.226 e. The predicted octanol–water partition coefficient (Wildman–Crippen LogP) is 2.30. The minimum atomic E-state index is 0.0825. The first-order valence-electron chi connectivity index (χ1n) is 10.1. The van der Waals surface area contributed by atoms with Gasteiger partial charge in [0.25, 0.3) is 0 Å². The zero-order chi connectivity index (χ0) is 19.6. The molecule has 0 saturated carbocycles. The molecule has 2 aliphatic heterocycles. The molecule has 0 aromatic carbocycles. The van der Waals surface area contributed by atoms with E-state index in [1.54, 1.807) is 35.1 Å². The Morgan fingerprint density at radius 1 is 1.21 bits per heavy atom. The first-order valence-corrected chi connectivity index (χ1v) is 11.7. The summed E-state index contributed by atoms with van der Waals surface area (Å²) in [7, 11) is 0. The van der Waals surface area contributed by atoms with E-state index in [0.29, 0.717) is 6.42 Å². The summed E-state index contributed by atoms with van der Waals surface area (Å²) < 4.78 is 1.12. The highest BCUT2D eigenvalue weighted by Gasteiger charge is 2.25. The van der Waals surface area contributed by atoms with Crippen LogP contribution in [0.15, 0.2) is 18.5 Å². The van der Waals surface area contributed by atoms with Crippen molar-refractivity contribution in [1.29, 1.82) is 0 Å². The molecule has 9 heteroatoms. The number of carbonyl (C=O) groups excluding carboxylic acids is 1. The molecule has 0 unspecified atom stereocenters. The third kappa shape index (κ3) is 4.06. The van der Waals surface area contributed by atoms with E-state index in [0.717, 1.165) is 78.0 Å². The highest BCUT2D eigenvalue weighted by atomic mass is 32.1. The highest BCUT2D eigenvalue weighted by Crippen LogP contribution is 2.44. The highest BCUT2D eigenvalue weighted by molar-refractivity contribution is 7.22. The van der Waals surface area contributed by atoms with Gasteiger partial charge < -0.3 is 20.9 Å². The van der Waals surface area contributed by atoms with Crippen molar-refractivity contribution in [2.75, 3.05) is 44.6 Å². The first kappa shape index (κ1) is 19.1. The molecule has 5 rings (SSSR count). The molecule has 3 aromatic rings. The average Bonchev–Trinajstić information content (AvgIpc) is 3.33. The molecule has 0 bridgehead atoms. The van der Waals surface area contributed by atoms with Gasteiger partial charge in [0.05, 0.1) is 10.9 Å². The molecule has 0 aliphatic carbocycles. The quantitative estimate of drug-likeness (QED) is 0.579. The van der Waals surface area contributed by atoms with Crippen molar-refractivity contribution in [2.45, 2.75) is 19.4 Å². The third-order valence-corrected chi connectivity index (χ3v) is 7.65. The maximum atomic E-state index is 12.7. The number of nitrogens with one attached hydrogen (secondary N) is 3. The third-order valence-electron chi connectivity index (χ3n) is 5.45. The Morgan fingerprint density at radius 3 is 2.97 bits per heavy atom. The Labute approximate surface area is 177 Å². The van der Waals surface area contributed by atoms with Gasteiger partial charge >= 0.3 is 0 Å².